The predicted molar refractivity (Wildman–Crippen MR) is 146 cm³/mol. The minimum Gasteiger partial charge on any atom is -0.447 e. The van der Waals surface area contributed by atoms with Gasteiger partial charge in [0.2, 0.25) is 11.7 Å². The SMILES string of the molecule is O=C1CCN(c2ccc(CN3CCN(CCNC(=O)c4cc5c(o4)C(=O)c4ccccc4C5=O)CC3)nc2)C(=O)N1. The molecule has 0 bridgehead atoms. The largest absolute Gasteiger partial charge is 0.447 e. The van der Waals surface area contributed by atoms with Crippen LogP contribution < -0.4 is 15.5 Å². The van der Waals surface area contributed by atoms with Crippen LogP contribution in [-0.2, 0) is 11.3 Å². The summed E-state index contributed by atoms with van der Waals surface area (Å²) in [5.74, 6) is -1.60. The van der Waals surface area contributed by atoms with Crippen molar-refractivity contribution < 1.29 is 28.4 Å². The number of nitrogens with one attached hydrogen (secondary N) is 2. The molecule has 1 aromatic carbocycles. The molecule has 12 nitrogen and oxygen atoms in total. The molecule has 2 saturated heterocycles. The molecule has 2 N–H and O–H groups in total. The first kappa shape index (κ1) is 26.5. The number of nitrogens with zero attached hydrogens (tertiary/aromatic N) is 4. The minimum atomic E-state index is -0.467. The van der Waals surface area contributed by atoms with Crippen LogP contribution in [0, 0.1) is 0 Å². The van der Waals surface area contributed by atoms with Gasteiger partial charge in [-0.25, -0.2) is 4.79 Å². The van der Waals surface area contributed by atoms with Crippen molar-refractivity contribution in [3.63, 3.8) is 0 Å². The Balaban J connectivity index is 0.952. The van der Waals surface area contributed by atoms with Crippen molar-refractivity contribution in [1.82, 2.24) is 25.4 Å². The van der Waals surface area contributed by atoms with Crippen molar-refractivity contribution in [2.24, 2.45) is 0 Å². The van der Waals surface area contributed by atoms with Crippen LogP contribution in [0.3, 0.4) is 0 Å². The number of pyridine rings is 1. The topological polar surface area (TPSA) is 145 Å². The van der Waals surface area contributed by atoms with Gasteiger partial charge >= 0.3 is 6.03 Å². The highest BCUT2D eigenvalue weighted by Crippen LogP contribution is 2.29. The molecule has 0 saturated carbocycles. The Bertz CT molecular complexity index is 1490. The molecule has 12 heteroatoms. The van der Waals surface area contributed by atoms with Crippen molar-refractivity contribution in [1.29, 1.82) is 0 Å². The van der Waals surface area contributed by atoms with Crippen LogP contribution in [0.2, 0.25) is 0 Å². The molecule has 2 aliphatic heterocycles. The molecule has 0 atom stereocenters. The van der Waals surface area contributed by atoms with Gasteiger partial charge in [0.1, 0.15) is 0 Å². The molecule has 210 valence electrons. The van der Waals surface area contributed by atoms with Gasteiger partial charge < -0.3 is 9.73 Å². The van der Waals surface area contributed by atoms with E-state index in [2.05, 4.69) is 25.4 Å². The molecule has 2 fully saturated rings. The normalized spacial score (nSPS) is 17.7. The van der Waals surface area contributed by atoms with Crippen molar-refractivity contribution in [2.45, 2.75) is 13.0 Å². The molecule has 6 rings (SSSR count). The van der Waals surface area contributed by atoms with Crippen LogP contribution in [0.25, 0.3) is 0 Å². The van der Waals surface area contributed by atoms with Crippen LogP contribution in [0.15, 0.2) is 53.1 Å². The number of benzene rings is 1. The first-order valence-electron chi connectivity index (χ1n) is 13.5. The third kappa shape index (κ3) is 5.39. The van der Waals surface area contributed by atoms with E-state index in [4.69, 9.17) is 4.42 Å². The number of amides is 4. The lowest BCUT2D eigenvalue weighted by Gasteiger charge is -2.34. The molecule has 3 aliphatic rings. The molecule has 3 aromatic rings. The summed E-state index contributed by atoms with van der Waals surface area (Å²) in [4.78, 5) is 72.1. The highest BCUT2D eigenvalue weighted by molar-refractivity contribution is 6.27. The van der Waals surface area contributed by atoms with Gasteiger partial charge in [0, 0.05) is 76.0 Å². The van der Waals surface area contributed by atoms with Gasteiger partial charge in [-0.2, -0.15) is 0 Å². The fraction of sp³-hybridized carbons (Fsp3) is 0.310. The summed E-state index contributed by atoms with van der Waals surface area (Å²) in [5.41, 5.74) is 2.26. The standard InChI is InChI=1S/C29H28N6O6/c36-24-7-9-35(29(40)32-24)19-6-5-18(31-16-19)17-34-13-11-33(12-14-34)10-8-30-28(39)23-15-22-25(37)20-3-1-2-4-21(20)26(38)27(22)41-23/h1-6,15-16H,7-14,17H2,(H,30,39)(H,32,36,40). The number of aromatic nitrogens is 1. The van der Waals surface area contributed by atoms with E-state index in [0.29, 0.717) is 37.4 Å². The number of anilines is 1. The van der Waals surface area contributed by atoms with Gasteiger partial charge in [-0.1, -0.05) is 24.3 Å². The van der Waals surface area contributed by atoms with Crippen LogP contribution in [0.1, 0.15) is 54.7 Å². The molecule has 41 heavy (non-hydrogen) atoms. The monoisotopic (exact) mass is 556 g/mol. The number of carbonyl (C=O) groups is 5. The molecule has 0 spiro atoms. The lowest BCUT2D eigenvalue weighted by atomic mass is 9.89. The number of imide groups is 1. The Labute approximate surface area is 235 Å². The van der Waals surface area contributed by atoms with Gasteiger partial charge in [0.05, 0.1) is 23.1 Å². The molecule has 4 amide bonds. The summed E-state index contributed by atoms with van der Waals surface area (Å²) >= 11 is 0. The molecule has 2 aromatic heterocycles. The Hall–Kier alpha value is -4.68. The van der Waals surface area contributed by atoms with Gasteiger partial charge in [-0.3, -0.25) is 44.2 Å². The molecular formula is C29H28N6O6. The van der Waals surface area contributed by atoms with Crippen molar-refractivity contribution in [3.8, 4) is 0 Å². The quantitative estimate of drug-likeness (QED) is 0.345. The summed E-state index contributed by atoms with van der Waals surface area (Å²) in [6.07, 6.45) is 1.92. The second-order valence-corrected chi connectivity index (χ2v) is 10.2. The predicted octanol–water partition coefficient (Wildman–Crippen LogP) is 1.44. The van der Waals surface area contributed by atoms with Gasteiger partial charge in [0.25, 0.3) is 5.91 Å². The highest BCUT2D eigenvalue weighted by atomic mass is 16.4. The molecule has 0 radical (unpaired) electrons. The van der Waals surface area contributed by atoms with Gasteiger partial charge in [-0.05, 0) is 12.1 Å². The number of hydrogen-bond donors (Lipinski definition) is 2. The maximum Gasteiger partial charge on any atom is 0.328 e. The Morgan fingerprint density at radius 2 is 1.63 bits per heavy atom. The van der Waals surface area contributed by atoms with E-state index >= 15 is 0 Å². The average Bonchev–Trinajstić information content (AvgIpc) is 3.44. The van der Waals surface area contributed by atoms with E-state index in [0.717, 1.165) is 31.9 Å². The zero-order valence-corrected chi connectivity index (χ0v) is 22.2. The molecule has 1 aliphatic carbocycles. The molecule has 0 unspecified atom stereocenters. The first-order valence-corrected chi connectivity index (χ1v) is 13.5. The average molecular weight is 557 g/mol. The third-order valence-corrected chi connectivity index (χ3v) is 7.56. The number of fused-ring (bicyclic) bond motifs is 2. The van der Waals surface area contributed by atoms with Gasteiger partial charge in [0.15, 0.2) is 17.3 Å². The van der Waals surface area contributed by atoms with E-state index < -0.39 is 17.7 Å². The number of ketones is 2. The smallest absolute Gasteiger partial charge is 0.328 e. The van der Waals surface area contributed by atoms with Crippen LogP contribution in [0.4, 0.5) is 10.5 Å². The summed E-state index contributed by atoms with van der Waals surface area (Å²) in [6, 6.07) is 11.2. The van der Waals surface area contributed by atoms with Crippen LogP contribution in [0.5, 0.6) is 0 Å². The van der Waals surface area contributed by atoms with Crippen LogP contribution >= 0.6 is 0 Å². The van der Waals surface area contributed by atoms with E-state index in [9.17, 15) is 24.0 Å². The summed E-state index contributed by atoms with van der Waals surface area (Å²) in [6.45, 7) is 5.39. The molecule has 4 heterocycles. The van der Waals surface area contributed by atoms with E-state index in [1.54, 1.807) is 30.5 Å². The van der Waals surface area contributed by atoms with Crippen LogP contribution in [-0.4, -0.2) is 90.0 Å². The van der Waals surface area contributed by atoms with E-state index in [1.807, 2.05) is 12.1 Å². The maximum absolute atomic E-state index is 12.8. The first-order chi connectivity index (χ1) is 19.9. The Morgan fingerprint density at radius 3 is 2.34 bits per heavy atom. The minimum absolute atomic E-state index is 0.0535. The van der Waals surface area contributed by atoms with E-state index in [1.165, 1.54) is 11.0 Å². The second-order valence-electron chi connectivity index (χ2n) is 10.2. The zero-order valence-electron chi connectivity index (χ0n) is 22.2. The number of piperazine rings is 1. The summed E-state index contributed by atoms with van der Waals surface area (Å²) in [5, 5.41) is 5.14. The molecular weight excluding hydrogens is 528 g/mol. The van der Waals surface area contributed by atoms with Crippen molar-refractivity contribution in [2.75, 3.05) is 50.7 Å². The van der Waals surface area contributed by atoms with Crippen molar-refractivity contribution in [3.05, 3.63) is 82.6 Å². The third-order valence-electron chi connectivity index (χ3n) is 7.56. The summed E-state index contributed by atoms with van der Waals surface area (Å²) < 4.78 is 5.53. The fourth-order valence-electron chi connectivity index (χ4n) is 5.28. The summed E-state index contributed by atoms with van der Waals surface area (Å²) in [7, 11) is 0. The lowest BCUT2D eigenvalue weighted by molar-refractivity contribution is -0.120. The zero-order chi connectivity index (χ0) is 28.5. The number of carbonyl (C=O) groups excluding carboxylic acids is 5. The van der Waals surface area contributed by atoms with Crippen molar-refractivity contribution >= 4 is 35.1 Å². The number of urea groups is 1. The fourth-order valence-corrected chi connectivity index (χ4v) is 5.28. The Morgan fingerprint density at radius 1 is 0.902 bits per heavy atom. The number of furan rings is 1. The number of hydrogen-bond acceptors (Lipinski definition) is 9. The number of rotatable bonds is 7. The Kier molecular flexibility index (Phi) is 7.16. The highest BCUT2D eigenvalue weighted by Gasteiger charge is 2.34. The van der Waals surface area contributed by atoms with Gasteiger partial charge in [-0.15, -0.1) is 0 Å². The maximum atomic E-state index is 12.8. The second kappa shape index (κ2) is 11.1. The lowest BCUT2D eigenvalue weighted by Crippen LogP contribution is -2.49. The van der Waals surface area contributed by atoms with E-state index in [-0.39, 0.29) is 40.8 Å².